The van der Waals surface area contributed by atoms with E-state index in [2.05, 4.69) is 29.6 Å². The zero-order chi connectivity index (χ0) is 11.7. The fourth-order valence-corrected chi connectivity index (χ4v) is 2.79. The Hall–Kier alpha value is -1.35. The van der Waals surface area contributed by atoms with Gasteiger partial charge in [0.25, 0.3) is 0 Å². The molecule has 1 fully saturated rings. The molecule has 1 aromatic carbocycles. The SMILES string of the molecule is O=C([C@@H]1Cc2ccccc2CN1)N1CCCC1. The molecule has 2 aliphatic rings. The Morgan fingerprint density at radius 2 is 1.88 bits per heavy atom. The summed E-state index contributed by atoms with van der Waals surface area (Å²) in [5.74, 6) is 0.289. The highest BCUT2D eigenvalue weighted by atomic mass is 16.2. The van der Waals surface area contributed by atoms with Crippen molar-refractivity contribution in [1.29, 1.82) is 0 Å². The molecule has 2 aliphatic heterocycles. The van der Waals surface area contributed by atoms with Gasteiger partial charge in [-0.3, -0.25) is 4.79 Å². The summed E-state index contributed by atoms with van der Waals surface area (Å²) in [5.41, 5.74) is 2.65. The third-order valence-electron chi connectivity index (χ3n) is 3.80. The summed E-state index contributed by atoms with van der Waals surface area (Å²) in [7, 11) is 0. The molecule has 1 saturated heterocycles. The molecule has 0 aliphatic carbocycles. The van der Waals surface area contributed by atoms with Gasteiger partial charge in [0.2, 0.25) is 5.91 Å². The minimum Gasteiger partial charge on any atom is -0.341 e. The van der Waals surface area contributed by atoms with Crippen molar-refractivity contribution in [2.75, 3.05) is 13.1 Å². The minimum atomic E-state index is -0.0111. The molecule has 0 radical (unpaired) electrons. The number of carbonyl (C=O) groups is 1. The number of hydrogen-bond acceptors (Lipinski definition) is 2. The molecule has 0 unspecified atom stereocenters. The van der Waals surface area contributed by atoms with Crippen molar-refractivity contribution in [2.24, 2.45) is 0 Å². The Bertz CT molecular complexity index is 424. The molecule has 2 heterocycles. The van der Waals surface area contributed by atoms with Gasteiger partial charge >= 0.3 is 0 Å². The van der Waals surface area contributed by atoms with Crippen LogP contribution in [0, 0.1) is 0 Å². The second kappa shape index (κ2) is 4.49. The second-order valence-electron chi connectivity index (χ2n) is 4.94. The summed E-state index contributed by atoms with van der Waals surface area (Å²) in [4.78, 5) is 14.3. The van der Waals surface area contributed by atoms with Gasteiger partial charge in [0, 0.05) is 19.6 Å². The van der Waals surface area contributed by atoms with E-state index < -0.39 is 0 Å². The first-order valence-electron chi connectivity index (χ1n) is 6.43. The summed E-state index contributed by atoms with van der Waals surface area (Å²) in [6.07, 6.45) is 3.16. The van der Waals surface area contributed by atoms with E-state index in [4.69, 9.17) is 0 Å². The lowest BCUT2D eigenvalue weighted by molar-refractivity contribution is -0.132. The Morgan fingerprint density at radius 1 is 1.18 bits per heavy atom. The largest absolute Gasteiger partial charge is 0.341 e. The molecule has 1 aromatic rings. The molecule has 3 rings (SSSR count). The van der Waals surface area contributed by atoms with E-state index in [1.807, 2.05) is 4.90 Å². The van der Waals surface area contributed by atoms with Gasteiger partial charge in [0.15, 0.2) is 0 Å². The predicted octanol–water partition coefficient (Wildman–Crippen LogP) is 1.32. The molecular weight excluding hydrogens is 212 g/mol. The average Bonchev–Trinajstić information content (AvgIpc) is 2.91. The van der Waals surface area contributed by atoms with Gasteiger partial charge in [-0.15, -0.1) is 0 Å². The third kappa shape index (κ3) is 2.07. The maximum absolute atomic E-state index is 12.3. The lowest BCUT2D eigenvalue weighted by Gasteiger charge is -2.28. The summed E-state index contributed by atoms with van der Waals surface area (Å²) in [5, 5.41) is 3.36. The molecule has 3 nitrogen and oxygen atoms in total. The van der Waals surface area contributed by atoms with Crippen molar-refractivity contribution >= 4 is 5.91 Å². The van der Waals surface area contributed by atoms with Crippen LogP contribution in [0.1, 0.15) is 24.0 Å². The van der Waals surface area contributed by atoms with Gasteiger partial charge in [-0.25, -0.2) is 0 Å². The lowest BCUT2D eigenvalue weighted by atomic mass is 9.95. The summed E-state index contributed by atoms with van der Waals surface area (Å²) < 4.78 is 0. The lowest BCUT2D eigenvalue weighted by Crippen LogP contribution is -2.48. The number of rotatable bonds is 1. The van der Waals surface area contributed by atoms with Crippen molar-refractivity contribution in [3.05, 3.63) is 35.4 Å². The summed E-state index contributed by atoms with van der Waals surface area (Å²) in [6, 6.07) is 8.38. The number of likely N-dealkylation sites (tertiary alicyclic amines) is 1. The monoisotopic (exact) mass is 230 g/mol. The first kappa shape index (κ1) is 10.8. The molecule has 1 atom stereocenters. The molecule has 1 amide bonds. The van der Waals surface area contributed by atoms with Crippen LogP contribution in [-0.2, 0) is 17.8 Å². The van der Waals surface area contributed by atoms with Crippen LogP contribution in [0.2, 0.25) is 0 Å². The third-order valence-corrected chi connectivity index (χ3v) is 3.80. The highest BCUT2D eigenvalue weighted by molar-refractivity contribution is 5.82. The molecule has 3 heteroatoms. The maximum Gasteiger partial charge on any atom is 0.240 e. The van der Waals surface area contributed by atoms with Crippen LogP contribution in [0.4, 0.5) is 0 Å². The minimum absolute atomic E-state index is 0.0111. The second-order valence-corrected chi connectivity index (χ2v) is 4.94. The van der Waals surface area contributed by atoms with Crippen LogP contribution in [-0.4, -0.2) is 29.9 Å². The average molecular weight is 230 g/mol. The van der Waals surface area contributed by atoms with Gasteiger partial charge in [-0.05, 0) is 30.4 Å². The van der Waals surface area contributed by atoms with E-state index >= 15 is 0 Å². The molecule has 17 heavy (non-hydrogen) atoms. The van der Waals surface area contributed by atoms with Crippen LogP contribution in [0.3, 0.4) is 0 Å². The fraction of sp³-hybridized carbons (Fsp3) is 0.500. The standard InChI is InChI=1S/C14H18N2O/c17-14(16-7-3-4-8-16)13-9-11-5-1-2-6-12(11)10-15-13/h1-2,5-6,13,15H,3-4,7-10H2/t13-/m0/s1. The first-order chi connectivity index (χ1) is 8.34. The molecule has 0 spiro atoms. The van der Waals surface area contributed by atoms with Gasteiger partial charge < -0.3 is 10.2 Å². The van der Waals surface area contributed by atoms with E-state index in [9.17, 15) is 4.79 Å². The van der Waals surface area contributed by atoms with Crippen molar-refractivity contribution in [3.8, 4) is 0 Å². The number of carbonyl (C=O) groups excluding carboxylic acids is 1. The van der Waals surface area contributed by atoms with E-state index in [-0.39, 0.29) is 11.9 Å². The smallest absolute Gasteiger partial charge is 0.240 e. The van der Waals surface area contributed by atoms with Crippen LogP contribution in [0.5, 0.6) is 0 Å². The molecular formula is C14H18N2O. The van der Waals surface area contributed by atoms with Crippen molar-refractivity contribution in [3.63, 3.8) is 0 Å². The Balaban J connectivity index is 1.73. The predicted molar refractivity (Wildman–Crippen MR) is 66.6 cm³/mol. The Labute approximate surface area is 102 Å². The number of benzene rings is 1. The number of amides is 1. The van der Waals surface area contributed by atoms with Crippen LogP contribution >= 0.6 is 0 Å². The highest BCUT2D eigenvalue weighted by Gasteiger charge is 2.28. The zero-order valence-corrected chi connectivity index (χ0v) is 9.98. The van der Waals surface area contributed by atoms with Crippen molar-refractivity contribution < 1.29 is 4.79 Å². The zero-order valence-electron chi connectivity index (χ0n) is 9.98. The molecule has 0 aromatic heterocycles. The Morgan fingerprint density at radius 3 is 2.65 bits per heavy atom. The van der Waals surface area contributed by atoms with Crippen molar-refractivity contribution in [1.82, 2.24) is 10.2 Å². The van der Waals surface area contributed by atoms with Crippen molar-refractivity contribution in [2.45, 2.75) is 31.8 Å². The van der Waals surface area contributed by atoms with E-state index in [0.29, 0.717) is 0 Å². The van der Waals surface area contributed by atoms with Gasteiger partial charge in [0.1, 0.15) is 0 Å². The summed E-state index contributed by atoms with van der Waals surface area (Å²) >= 11 is 0. The number of hydrogen-bond donors (Lipinski definition) is 1. The highest BCUT2D eigenvalue weighted by Crippen LogP contribution is 2.18. The van der Waals surface area contributed by atoms with Crippen LogP contribution < -0.4 is 5.32 Å². The van der Waals surface area contributed by atoms with Gasteiger partial charge in [-0.1, -0.05) is 24.3 Å². The van der Waals surface area contributed by atoms with Crippen LogP contribution in [0.25, 0.3) is 0 Å². The quantitative estimate of drug-likeness (QED) is 0.789. The maximum atomic E-state index is 12.3. The molecule has 1 N–H and O–H groups in total. The molecule has 0 saturated carbocycles. The van der Waals surface area contributed by atoms with Gasteiger partial charge in [-0.2, -0.15) is 0 Å². The van der Waals surface area contributed by atoms with Crippen LogP contribution in [0.15, 0.2) is 24.3 Å². The summed E-state index contributed by atoms with van der Waals surface area (Å²) in [6.45, 7) is 2.71. The topological polar surface area (TPSA) is 32.3 Å². The van der Waals surface area contributed by atoms with Gasteiger partial charge in [0.05, 0.1) is 6.04 Å². The van der Waals surface area contributed by atoms with E-state index in [1.165, 1.54) is 11.1 Å². The van der Waals surface area contributed by atoms with E-state index in [0.717, 1.165) is 38.9 Å². The fourth-order valence-electron chi connectivity index (χ4n) is 2.79. The first-order valence-corrected chi connectivity index (χ1v) is 6.43. The van der Waals surface area contributed by atoms with E-state index in [1.54, 1.807) is 0 Å². The number of nitrogens with one attached hydrogen (secondary N) is 1. The number of fused-ring (bicyclic) bond motifs is 1. The molecule has 0 bridgehead atoms. The Kier molecular flexibility index (Phi) is 2.85. The normalized spacial score (nSPS) is 23.5. The molecule has 90 valence electrons. The number of nitrogens with zero attached hydrogens (tertiary/aromatic N) is 1.